The first-order chi connectivity index (χ1) is 7.61. The van der Waals surface area contributed by atoms with Gasteiger partial charge in [-0.3, -0.25) is 4.68 Å². The molecule has 0 spiro atoms. The van der Waals surface area contributed by atoms with E-state index in [9.17, 15) is 0 Å². The van der Waals surface area contributed by atoms with Crippen molar-refractivity contribution in [3.05, 3.63) is 18.0 Å². The molecule has 1 aliphatic rings. The number of nitrogens with two attached hydrogens (primary N) is 1. The summed E-state index contributed by atoms with van der Waals surface area (Å²) in [5.41, 5.74) is 7.47. The summed E-state index contributed by atoms with van der Waals surface area (Å²) in [5, 5.41) is 4.18. The number of rotatable bonds is 4. The van der Waals surface area contributed by atoms with Crippen molar-refractivity contribution in [2.24, 2.45) is 18.2 Å². The predicted octanol–water partition coefficient (Wildman–Crippen LogP) is 0.633. The molecule has 1 saturated heterocycles. The van der Waals surface area contributed by atoms with Crippen LogP contribution in [0.2, 0.25) is 0 Å². The molecule has 0 aliphatic carbocycles. The van der Waals surface area contributed by atoms with Gasteiger partial charge in [0, 0.05) is 26.3 Å². The van der Waals surface area contributed by atoms with Gasteiger partial charge in [-0.05, 0) is 36.9 Å². The van der Waals surface area contributed by atoms with Crippen LogP contribution < -0.4 is 5.73 Å². The molecule has 90 valence electrons. The molecule has 1 fully saturated rings. The molecule has 16 heavy (non-hydrogen) atoms. The van der Waals surface area contributed by atoms with Crippen molar-refractivity contribution >= 4 is 0 Å². The van der Waals surface area contributed by atoms with E-state index in [-0.39, 0.29) is 0 Å². The van der Waals surface area contributed by atoms with Crippen LogP contribution in [0.15, 0.2) is 12.4 Å². The van der Waals surface area contributed by atoms with E-state index in [1.807, 2.05) is 17.9 Å². The van der Waals surface area contributed by atoms with Gasteiger partial charge in [0.1, 0.15) is 0 Å². The maximum atomic E-state index is 5.80. The third kappa shape index (κ3) is 2.62. The number of aryl methyl sites for hydroxylation is 1. The number of aromatic nitrogens is 2. The van der Waals surface area contributed by atoms with E-state index in [4.69, 9.17) is 5.73 Å². The monoisotopic (exact) mass is 222 g/mol. The normalized spacial score (nSPS) is 26.4. The topological polar surface area (TPSA) is 47.1 Å². The largest absolute Gasteiger partial charge is 0.330 e. The van der Waals surface area contributed by atoms with Crippen LogP contribution in [0.1, 0.15) is 18.9 Å². The highest BCUT2D eigenvalue weighted by molar-refractivity contribution is 5.04. The van der Waals surface area contributed by atoms with Gasteiger partial charge in [0.25, 0.3) is 0 Å². The minimum absolute atomic E-state index is 0.342. The fourth-order valence-electron chi connectivity index (χ4n) is 2.37. The van der Waals surface area contributed by atoms with Crippen LogP contribution in [0.3, 0.4) is 0 Å². The molecule has 1 aliphatic heterocycles. The number of likely N-dealkylation sites (tertiary alicyclic amines) is 1. The molecule has 4 heteroatoms. The molecule has 0 amide bonds. The lowest BCUT2D eigenvalue weighted by Crippen LogP contribution is -2.32. The van der Waals surface area contributed by atoms with Gasteiger partial charge < -0.3 is 10.6 Å². The van der Waals surface area contributed by atoms with Crippen molar-refractivity contribution in [2.75, 3.05) is 26.2 Å². The number of nitrogens with zero attached hydrogens (tertiary/aromatic N) is 3. The fourth-order valence-corrected chi connectivity index (χ4v) is 2.37. The summed E-state index contributed by atoms with van der Waals surface area (Å²) in [6, 6.07) is 0. The first-order valence-electron chi connectivity index (χ1n) is 6.01. The molecule has 4 nitrogen and oxygen atoms in total. The van der Waals surface area contributed by atoms with Crippen LogP contribution in [-0.2, 0) is 13.5 Å². The molecule has 1 aromatic rings. The zero-order chi connectivity index (χ0) is 11.6. The van der Waals surface area contributed by atoms with Gasteiger partial charge in [-0.25, -0.2) is 0 Å². The van der Waals surface area contributed by atoms with E-state index in [1.54, 1.807) is 0 Å². The molecular weight excluding hydrogens is 200 g/mol. The second-order valence-electron chi connectivity index (χ2n) is 5.31. The summed E-state index contributed by atoms with van der Waals surface area (Å²) in [4.78, 5) is 2.51. The van der Waals surface area contributed by atoms with Gasteiger partial charge in [-0.2, -0.15) is 5.10 Å². The van der Waals surface area contributed by atoms with E-state index in [1.165, 1.54) is 18.5 Å². The highest BCUT2D eigenvalue weighted by Crippen LogP contribution is 2.28. The second kappa shape index (κ2) is 4.55. The van der Waals surface area contributed by atoms with E-state index in [0.717, 1.165) is 26.1 Å². The van der Waals surface area contributed by atoms with Crippen molar-refractivity contribution in [3.63, 3.8) is 0 Å². The van der Waals surface area contributed by atoms with Gasteiger partial charge in [0.15, 0.2) is 0 Å². The molecule has 2 N–H and O–H groups in total. The highest BCUT2D eigenvalue weighted by atomic mass is 15.2. The van der Waals surface area contributed by atoms with Crippen LogP contribution in [-0.4, -0.2) is 40.9 Å². The minimum Gasteiger partial charge on any atom is -0.330 e. The predicted molar refractivity (Wildman–Crippen MR) is 65.1 cm³/mol. The molecule has 0 saturated carbocycles. The first kappa shape index (κ1) is 11.6. The summed E-state index contributed by atoms with van der Waals surface area (Å²) in [5.74, 6) is 0. The Morgan fingerprint density at radius 1 is 1.56 bits per heavy atom. The van der Waals surface area contributed by atoms with Crippen molar-refractivity contribution in [2.45, 2.75) is 19.8 Å². The summed E-state index contributed by atoms with van der Waals surface area (Å²) in [6.45, 7) is 6.55. The van der Waals surface area contributed by atoms with Crippen LogP contribution in [0.5, 0.6) is 0 Å². The molecule has 1 unspecified atom stereocenters. The first-order valence-corrected chi connectivity index (χ1v) is 6.01. The molecule has 2 rings (SSSR count). The SMILES string of the molecule is Cn1cc(CCN2CCC(C)(CN)C2)cn1. The third-order valence-corrected chi connectivity index (χ3v) is 3.60. The van der Waals surface area contributed by atoms with Gasteiger partial charge >= 0.3 is 0 Å². The Kier molecular flexibility index (Phi) is 3.30. The zero-order valence-electron chi connectivity index (χ0n) is 10.3. The quantitative estimate of drug-likeness (QED) is 0.813. The zero-order valence-corrected chi connectivity index (χ0v) is 10.3. The Hall–Kier alpha value is -0.870. The summed E-state index contributed by atoms with van der Waals surface area (Å²) in [6.07, 6.45) is 6.38. The van der Waals surface area contributed by atoms with Gasteiger partial charge in [-0.1, -0.05) is 6.92 Å². The third-order valence-electron chi connectivity index (χ3n) is 3.60. The lowest BCUT2D eigenvalue weighted by molar-refractivity contribution is 0.283. The number of hydrogen-bond acceptors (Lipinski definition) is 3. The van der Waals surface area contributed by atoms with Gasteiger partial charge in [0.2, 0.25) is 0 Å². The molecule has 1 atom stereocenters. The molecule has 0 bridgehead atoms. The van der Waals surface area contributed by atoms with Crippen molar-refractivity contribution < 1.29 is 0 Å². The van der Waals surface area contributed by atoms with Gasteiger partial charge in [0.05, 0.1) is 6.20 Å². The molecule has 1 aromatic heterocycles. The average molecular weight is 222 g/mol. The Bertz CT molecular complexity index is 347. The maximum absolute atomic E-state index is 5.80. The van der Waals surface area contributed by atoms with Crippen molar-refractivity contribution in [1.29, 1.82) is 0 Å². The van der Waals surface area contributed by atoms with Gasteiger partial charge in [-0.15, -0.1) is 0 Å². The summed E-state index contributed by atoms with van der Waals surface area (Å²) in [7, 11) is 1.96. The Labute approximate surface area is 97.4 Å². The van der Waals surface area contributed by atoms with Crippen molar-refractivity contribution in [1.82, 2.24) is 14.7 Å². The average Bonchev–Trinajstić information content (AvgIpc) is 2.83. The standard InChI is InChI=1S/C12H22N4/c1-12(9-13)4-6-16(10-12)5-3-11-7-14-15(2)8-11/h7-8H,3-6,9-10,13H2,1-2H3. The van der Waals surface area contributed by atoms with Crippen LogP contribution in [0.25, 0.3) is 0 Å². The van der Waals surface area contributed by atoms with Crippen LogP contribution >= 0.6 is 0 Å². The Morgan fingerprint density at radius 3 is 2.94 bits per heavy atom. The Balaban J connectivity index is 1.80. The fraction of sp³-hybridized carbons (Fsp3) is 0.750. The summed E-state index contributed by atoms with van der Waals surface area (Å²) < 4.78 is 1.86. The summed E-state index contributed by atoms with van der Waals surface area (Å²) >= 11 is 0. The van der Waals surface area contributed by atoms with Crippen LogP contribution in [0.4, 0.5) is 0 Å². The highest BCUT2D eigenvalue weighted by Gasteiger charge is 2.31. The number of hydrogen-bond donors (Lipinski definition) is 1. The van der Waals surface area contributed by atoms with E-state index in [2.05, 4.69) is 23.1 Å². The molecule has 0 radical (unpaired) electrons. The molecule has 0 aromatic carbocycles. The lowest BCUT2D eigenvalue weighted by atomic mass is 9.90. The minimum atomic E-state index is 0.342. The Morgan fingerprint density at radius 2 is 2.38 bits per heavy atom. The van der Waals surface area contributed by atoms with E-state index >= 15 is 0 Å². The van der Waals surface area contributed by atoms with Crippen LogP contribution in [0, 0.1) is 5.41 Å². The van der Waals surface area contributed by atoms with E-state index < -0.39 is 0 Å². The molecule has 2 heterocycles. The smallest absolute Gasteiger partial charge is 0.0522 e. The molecular formula is C12H22N4. The maximum Gasteiger partial charge on any atom is 0.0522 e. The second-order valence-corrected chi connectivity index (χ2v) is 5.31. The van der Waals surface area contributed by atoms with E-state index in [0.29, 0.717) is 5.41 Å². The van der Waals surface area contributed by atoms with Crippen molar-refractivity contribution in [3.8, 4) is 0 Å². The lowest BCUT2D eigenvalue weighted by Gasteiger charge is -2.22.